The Morgan fingerprint density at radius 1 is 1.07 bits per heavy atom. The Kier molecular flexibility index (Phi) is 6.77. The minimum atomic E-state index is -4.45. The molecule has 0 spiro atoms. The van der Waals surface area contributed by atoms with E-state index in [0.29, 0.717) is 17.5 Å². The van der Waals surface area contributed by atoms with Crippen LogP contribution in [0.1, 0.15) is 40.4 Å². The molecule has 0 aliphatic carbocycles. The Morgan fingerprint density at radius 3 is 2.21 bits per heavy atom. The van der Waals surface area contributed by atoms with Gasteiger partial charge in [-0.2, -0.15) is 13.2 Å². The highest BCUT2D eigenvalue weighted by molar-refractivity contribution is 5.94. The summed E-state index contributed by atoms with van der Waals surface area (Å²) in [5.41, 5.74) is -0.111. The summed E-state index contributed by atoms with van der Waals surface area (Å²) in [5, 5.41) is 11.6. The second-order valence-corrected chi connectivity index (χ2v) is 6.34. The molecule has 0 saturated carbocycles. The van der Waals surface area contributed by atoms with Crippen LogP contribution in [0.2, 0.25) is 0 Å². The van der Waals surface area contributed by atoms with Crippen molar-refractivity contribution in [2.45, 2.75) is 32.5 Å². The van der Waals surface area contributed by atoms with Crippen LogP contribution in [0.4, 0.5) is 17.6 Å². The number of amides is 1. The molecule has 2 rings (SSSR count). The largest absolute Gasteiger partial charge is 0.481 e. The summed E-state index contributed by atoms with van der Waals surface area (Å²) in [6.07, 6.45) is -3.90. The Morgan fingerprint density at radius 2 is 1.68 bits per heavy atom. The number of carbonyl (C=O) groups is 2. The van der Waals surface area contributed by atoms with Crippen molar-refractivity contribution >= 4 is 11.9 Å². The molecule has 0 aliphatic rings. The van der Waals surface area contributed by atoms with Crippen LogP contribution in [0, 0.1) is 11.7 Å². The van der Waals surface area contributed by atoms with Crippen molar-refractivity contribution in [1.82, 2.24) is 5.32 Å². The van der Waals surface area contributed by atoms with Gasteiger partial charge < -0.3 is 10.4 Å². The van der Waals surface area contributed by atoms with E-state index in [2.05, 4.69) is 5.32 Å². The summed E-state index contributed by atoms with van der Waals surface area (Å²) >= 11 is 0. The third-order valence-corrected chi connectivity index (χ3v) is 4.33. The molecular weight excluding hydrogens is 378 g/mol. The molecule has 0 fully saturated rings. The third-order valence-electron chi connectivity index (χ3n) is 4.33. The van der Waals surface area contributed by atoms with Crippen LogP contribution in [-0.4, -0.2) is 17.0 Å². The first-order valence-electron chi connectivity index (χ1n) is 8.57. The zero-order chi connectivity index (χ0) is 20.9. The van der Waals surface area contributed by atoms with E-state index in [1.54, 1.807) is 6.92 Å². The summed E-state index contributed by atoms with van der Waals surface area (Å²) in [6.45, 7) is 1.65. The van der Waals surface area contributed by atoms with E-state index in [1.165, 1.54) is 24.3 Å². The van der Waals surface area contributed by atoms with E-state index < -0.39 is 35.4 Å². The molecular formula is C20H19F4NO3. The van der Waals surface area contributed by atoms with Crippen LogP contribution in [-0.2, 0) is 23.9 Å². The molecule has 0 heterocycles. The van der Waals surface area contributed by atoms with Gasteiger partial charge in [0.25, 0.3) is 5.91 Å². The number of hydrogen-bond acceptors (Lipinski definition) is 2. The number of alkyl halides is 3. The second kappa shape index (κ2) is 8.86. The van der Waals surface area contributed by atoms with Crippen molar-refractivity contribution < 1.29 is 32.3 Å². The van der Waals surface area contributed by atoms with Gasteiger partial charge in [0, 0.05) is 6.54 Å². The maximum Gasteiger partial charge on any atom is 0.416 e. The predicted molar refractivity (Wildman–Crippen MR) is 94.1 cm³/mol. The van der Waals surface area contributed by atoms with Gasteiger partial charge in [-0.3, -0.25) is 9.59 Å². The van der Waals surface area contributed by atoms with Gasteiger partial charge in [-0.25, -0.2) is 4.39 Å². The number of hydrogen-bond donors (Lipinski definition) is 2. The topological polar surface area (TPSA) is 66.4 Å². The normalized spacial score (nSPS) is 12.5. The van der Waals surface area contributed by atoms with Gasteiger partial charge >= 0.3 is 12.1 Å². The number of rotatable bonds is 7. The summed E-state index contributed by atoms with van der Waals surface area (Å²) < 4.78 is 51.7. The van der Waals surface area contributed by atoms with Crippen LogP contribution in [0.3, 0.4) is 0 Å². The van der Waals surface area contributed by atoms with E-state index in [-0.39, 0.29) is 18.5 Å². The van der Waals surface area contributed by atoms with E-state index in [9.17, 15) is 27.2 Å². The van der Waals surface area contributed by atoms with Gasteiger partial charge in [-0.15, -0.1) is 0 Å². The van der Waals surface area contributed by atoms with Gasteiger partial charge in [0.1, 0.15) is 5.82 Å². The van der Waals surface area contributed by atoms with Gasteiger partial charge in [-0.1, -0.05) is 25.1 Å². The molecule has 2 N–H and O–H groups in total. The maximum absolute atomic E-state index is 14.0. The Labute approximate surface area is 159 Å². The fourth-order valence-corrected chi connectivity index (χ4v) is 2.65. The second-order valence-electron chi connectivity index (χ2n) is 6.34. The molecule has 0 saturated heterocycles. The first-order valence-corrected chi connectivity index (χ1v) is 8.57. The average Bonchev–Trinajstić information content (AvgIpc) is 2.64. The van der Waals surface area contributed by atoms with Crippen LogP contribution in [0.15, 0.2) is 42.5 Å². The minimum absolute atomic E-state index is 0.0760. The molecule has 2 aromatic carbocycles. The highest BCUT2D eigenvalue weighted by Gasteiger charge is 2.29. The molecule has 0 bridgehead atoms. The van der Waals surface area contributed by atoms with Crippen molar-refractivity contribution in [3.8, 4) is 0 Å². The van der Waals surface area contributed by atoms with Gasteiger partial charge in [0.2, 0.25) is 0 Å². The maximum atomic E-state index is 14.0. The highest BCUT2D eigenvalue weighted by Crippen LogP contribution is 2.29. The van der Waals surface area contributed by atoms with Crippen molar-refractivity contribution in [1.29, 1.82) is 0 Å². The van der Waals surface area contributed by atoms with Gasteiger partial charge in [0.15, 0.2) is 0 Å². The van der Waals surface area contributed by atoms with Crippen molar-refractivity contribution in [3.63, 3.8) is 0 Å². The average molecular weight is 397 g/mol. The standard InChI is InChI=1S/C20H19F4NO3/c1-2-14(19(27)28)9-13-5-8-17(21)16(10-13)18(26)25-11-12-3-6-15(7-4-12)20(22,23)24/h3-8,10,14H,2,9,11H2,1H3,(H,25,26)(H,27,28). The zero-order valence-electron chi connectivity index (χ0n) is 15.0. The number of carboxylic acid groups (broad SMARTS) is 1. The van der Waals surface area contributed by atoms with Crippen LogP contribution < -0.4 is 5.32 Å². The number of benzene rings is 2. The predicted octanol–water partition coefficient (Wildman–Crippen LogP) is 4.43. The fourth-order valence-electron chi connectivity index (χ4n) is 2.65. The minimum Gasteiger partial charge on any atom is -0.481 e. The molecule has 1 amide bonds. The van der Waals surface area contributed by atoms with E-state index in [0.717, 1.165) is 18.2 Å². The Hall–Kier alpha value is -2.90. The lowest BCUT2D eigenvalue weighted by atomic mass is 9.95. The third kappa shape index (κ3) is 5.55. The van der Waals surface area contributed by atoms with Gasteiger partial charge in [0.05, 0.1) is 17.0 Å². The lowest BCUT2D eigenvalue weighted by Crippen LogP contribution is -2.24. The van der Waals surface area contributed by atoms with E-state index in [4.69, 9.17) is 5.11 Å². The van der Waals surface area contributed by atoms with Crippen molar-refractivity contribution in [3.05, 3.63) is 70.5 Å². The molecule has 0 aliphatic heterocycles. The Balaban J connectivity index is 2.07. The highest BCUT2D eigenvalue weighted by atomic mass is 19.4. The quantitative estimate of drug-likeness (QED) is 0.680. The molecule has 1 atom stereocenters. The van der Waals surface area contributed by atoms with Crippen molar-refractivity contribution in [2.75, 3.05) is 0 Å². The Bertz CT molecular complexity index is 848. The molecule has 0 aromatic heterocycles. The van der Waals surface area contributed by atoms with Crippen LogP contribution in [0.25, 0.3) is 0 Å². The molecule has 8 heteroatoms. The zero-order valence-corrected chi connectivity index (χ0v) is 15.0. The molecule has 1 unspecified atom stereocenters. The number of aliphatic carboxylic acids is 1. The summed E-state index contributed by atoms with van der Waals surface area (Å²) in [7, 11) is 0. The van der Waals surface area contributed by atoms with E-state index in [1.807, 2.05) is 0 Å². The van der Waals surface area contributed by atoms with Crippen molar-refractivity contribution in [2.24, 2.45) is 5.92 Å². The molecule has 150 valence electrons. The fraction of sp³-hybridized carbons (Fsp3) is 0.300. The lowest BCUT2D eigenvalue weighted by molar-refractivity contribution is -0.141. The lowest BCUT2D eigenvalue weighted by Gasteiger charge is -2.12. The first kappa shape index (κ1) is 21.4. The SMILES string of the molecule is CCC(Cc1ccc(F)c(C(=O)NCc2ccc(C(F)(F)F)cc2)c1)C(=O)O. The summed E-state index contributed by atoms with van der Waals surface area (Å²) in [4.78, 5) is 23.4. The molecule has 28 heavy (non-hydrogen) atoms. The summed E-state index contributed by atoms with van der Waals surface area (Å²) in [6, 6.07) is 8.08. The molecule has 0 radical (unpaired) electrons. The first-order chi connectivity index (χ1) is 13.1. The number of halogens is 4. The summed E-state index contributed by atoms with van der Waals surface area (Å²) in [5.74, 6) is -3.12. The molecule has 2 aromatic rings. The smallest absolute Gasteiger partial charge is 0.416 e. The number of carboxylic acids is 1. The van der Waals surface area contributed by atoms with Gasteiger partial charge in [-0.05, 0) is 48.2 Å². The number of nitrogens with one attached hydrogen (secondary N) is 1. The van der Waals surface area contributed by atoms with Crippen LogP contribution >= 0.6 is 0 Å². The van der Waals surface area contributed by atoms with E-state index >= 15 is 0 Å². The monoisotopic (exact) mass is 397 g/mol. The van der Waals surface area contributed by atoms with Crippen LogP contribution in [0.5, 0.6) is 0 Å². The molecule has 4 nitrogen and oxygen atoms in total. The number of carbonyl (C=O) groups excluding carboxylic acids is 1.